The van der Waals surface area contributed by atoms with Gasteiger partial charge in [-0.3, -0.25) is 0 Å². The van der Waals surface area contributed by atoms with E-state index in [1.165, 1.54) is 6.07 Å². The van der Waals surface area contributed by atoms with Gasteiger partial charge >= 0.3 is 0 Å². The minimum atomic E-state index is 0.322. The summed E-state index contributed by atoms with van der Waals surface area (Å²) >= 11 is 17.5. The fourth-order valence-corrected chi connectivity index (χ4v) is 2.01. The van der Waals surface area contributed by atoms with Crippen LogP contribution in [0.2, 0.25) is 15.3 Å². The van der Waals surface area contributed by atoms with Gasteiger partial charge in [0, 0.05) is 12.5 Å². The maximum absolute atomic E-state index is 5.96. The lowest BCUT2D eigenvalue weighted by atomic mass is 10.3. The van der Waals surface area contributed by atoms with E-state index in [2.05, 4.69) is 9.97 Å². The molecule has 0 N–H and O–H groups in total. The van der Waals surface area contributed by atoms with E-state index in [0.717, 1.165) is 0 Å². The van der Waals surface area contributed by atoms with Gasteiger partial charge in [-0.2, -0.15) is 0 Å². The third-order valence-electron chi connectivity index (χ3n) is 2.13. The average Bonchev–Trinajstić information content (AvgIpc) is 2.30. The second kappa shape index (κ2) is 6.23. The molecule has 0 aliphatic heterocycles. The van der Waals surface area contributed by atoms with Crippen LogP contribution in [-0.2, 0) is 6.42 Å². The molecule has 0 saturated heterocycles. The van der Waals surface area contributed by atoms with Gasteiger partial charge in [-0.05, 0) is 12.1 Å². The smallest absolute Gasteiger partial charge is 0.137 e. The Hall–Kier alpha value is -1.03. The molecule has 0 bridgehead atoms. The number of nitrogens with zero attached hydrogens (tertiary/aromatic N) is 2. The van der Waals surface area contributed by atoms with Crippen molar-refractivity contribution in [3.63, 3.8) is 0 Å². The van der Waals surface area contributed by atoms with Crippen molar-refractivity contribution in [3.05, 3.63) is 51.5 Å². The molecule has 2 rings (SSSR count). The quantitative estimate of drug-likeness (QED) is 0.799. The summed E-state index contributed by atoms with van der Waals surface area (Å²) in [5.41, 5.74) is 0. The highest BCUT2D eigenvalue weighted by molar-refractivity contribution is 6.33. The van der Waals surface area contributed by atoms with Gasteiger partial charge in [-0.15, -0.1) is 0 Å². The number of hydrogen-bond acceptors (Lipinski definition) is 3. The van der Waals surface area contributed by atoms with Crippen LogP contribution in [0.15, 0.2) is 30.3 Å². The van der Waals surface area contributed by atoms with Crippen molar-refractivity contribution in [3.8, 4) is 5.75 Å². The molecule has 0 atom stereocenters. The minimum absolute atomic E-state index is 0.322. The number of hydrogen-bond donors (Lipinski definition) is 0. The summed E-state index contributed by atoms with van der Waals surface area (Å²) in [7, 11) is 0. The normalized spacial score (nSPS) is 10.4. The van der Waals surface area contributed by atoms with Gasteiger partial charge in [0.25, 0.3) is 0 Å². The van der Waals surface area contributed by atoms with Gasteiger partial charge in [0.05, 0.1) is 11.6 Å². The van der Waals surface area contributed by atoms with Crippen molar-refractivity contribution in [2.45, 2.75) is 6.42 Å². The predicted molar refractivity (Wildman–Crippen MR) is 72.7 cm³/mol. The summed E-state index contributed by atoms with van der Waals surface area (Å²) in [5, 5.41) is 1.22. The highest BCUT2D eigenvalue weighted by Gasteiger charge is 2.04. The molecule has 0 saturated carbocycles. The van der Waals surface area contributed by atoms with E-state index in [4.69, 9.17) is 39.5 Å². The fraction of sp³-hybridized carbons (Fsp3) is 0.167. The highest BCUT2D eigenvalue weighted by atomic mass is 35.5. The van der Waals surface area contributed by atoms with E-state index >= 15 is 0 Å². The largest absolute Gasteiger partial charge is 0.492 e. The topological polar surface area (TPSA) is 35.0 Å². The molecule has 0 amide bonds. The van der Waals surface area contributed by atoms with Crippen molar-refractivity contribution in [1.29, 1.82) is 0 Å². The second-order valence-corrected chi connectivity index (χ2v) is 4.64. The number of benzene rings is 1. The Morgan fingerprint density at radius 3 is 2.33 bits per heavy atom. The third-order valence-corrected chi connectivity index (χ3v) is 2.83. The Balaban J connectivity index is 1.94. The Morgan fingerprint density at radius 2 is 1.67 bits per heavy atom. The molecule has 18 heavy (non-hydrogen) atoms. The number of halogens is 3. The molecule has 6 heteroatoms. The average molecular weight is 304 g/mol. The molecule has 94 valence electrons. The molecule has 2 aromatic rings. The Bertz CT molecular complexity index is 528. The monoisotopic (exact) mass is 302 g/mol. The number of ether oxygens (including phenoxy) is 1. The van der Waals surface area contributed by atoms with E-state index in [9.17, 15) is 0 Å². The first-order valence-electron chi connectivity index (χ1n) is 5.21. The van der Waals surface area contributed by atoms with E-state index in [1.54, 1.807) is 12.1 Å². The summed E-state index contributed by atoms with van der Waals surface area (Å²) in [6.45, 7) is 0.403. The molecule has 0 unspecified atom stereocenters. The van der Waals surface area contributed by atoms with Crippen LogP contribution in [0, 0.1) is 0 Å². The third kappa shape index (κ3) is 3.73. The lowest BCUT2D eigenvalue weighted by Gasteiger charge is -2.07. The number of rotatable bonds is 4. The zero-order chi connectivity index (χ0) is 13.0. The van der Waals surface area contributed by atoms with E-state index in [-0.39, 0.29) is 0 Å². The van der Waals surface area contributed by atoms with E-state index in [1.807, 2.05) is 12.1 Å². The Morgan fingerprint density at radius 1 is 1.00 bits per heavy atom. The molecular formula is C12H9Cl3N2O. The van der Waals surface area contributed by atoms with Crippen molar-refractivity contribution in [1.82, 2.24) is 9.97 Å². The van der Waals surface area contributed by atoms with Crippen molar-refractivity contribution in [2.24, 2.45) is 0 Å². The lowest BCUT2D eigenvalue weighted by Crippen LogP contribution is -2.05. The zero-order valence-corrected chi connectivity index (χ0v) is 11.5. The molecule has 1 aromatic carbocycles. The maximum atomic E-state index is 5.96. The number of para-hydroxylation sites is 1. The molecule has 1 aromatic heterocycles. The van der Waals surface area contributed by atoms with Gasteiger partial charge in [-0.1, -0.05) is 46.9 Å². The summed E-state index contributed by atoms with van der Waals surface area (Å²) in [6.07, 6.45) is 0.505. The van der Waals surface area contributed by atoms with E-state index < -0.39 is 0 Å². The van der Waals surface area contributed by atoms with Crippen LogP contribution in [0.5, 0.6) is 5.75 Å². The van der Waals surface area contributed by atoms with Crippen LogP contribution in [0.4, 0.5) is 0 Å². The van der Waals surface area contributed by atoms with Crippen molar-refractivity contribution >= 4 is 34.8 Å². The van der Waals surface area contributed by atoms with Gasteiger partial charge in [0.1, 0.15) is 21.9 Å². The van der Waals surface area contributed by atoms with Crippen LogP contribution in [0.25, 0.3) is 0 Å². The Labute approximate surface area is 120 Å². The van der Waals surface area contributed by atoms with Crippen molar-refractivity contribution in [2.75, 3.05) is 6.61 Å². The van der Waals surface area contributed by atoms with Gasteiger partial charge < -0.3 is 4.74 Å². The first kappa shape index (κ1) is 13.4. The minimum Gasteiger partial charge on any atom is -0.492 e. The first-order chi connectivity index (χ1) is 8.65. The standard InChI is InChI=1S/C12H9Cl3N2O/c13-8-3-1-2-4-9(8)18-6-5-12-16-10(14)7-11(15)17-12/h1-4,7H,5-6H2. The first-order valence-corrected chi connectivity index (χ1v) is 6.35. The predicted octanol–water partition coefficient (Wildman–Crippen LogP) is 4.06. The summed E-state index contributed by atoms with van der Waals surface area (Å²) in [5.74, 6) is 1.17. The van der Waals surface area contributed by atoms with Gasteiger partial charge in [0.15, 0.2) is 0 Å². The van der Waals surface area contributed by atoms with Crippen LogP contribution >= 0.6 is 34.8 Å². The number of aromatic nitrogens is 2. The molecule has 3 nitrogen and oxygen atoms in total. The molecule has 0 radical (unpaired) electrons. The molecule has 1 heterocycles. The van der Waals surface area contributed by atoms with Gasteiger partial charge in [-0.25, -0.2) is 9.97 Å². The maximum Gasteiger partial charge on any atom is 0.137 e. The summed E-state index contributed by atoms with van der Waals surface area (Å²) in [4.78, 5) is 8.09. The summed E-state index contributed by atoms with van der Waals surface area (Å²) in [6, 6.07) is 8.75. The van der Waals surface area contributed by atoms with E-state index in [0.29, 0.717) is 39.9 Å². The highest BCUT2D eigenvalue weighted by Crippen LogP contribution is 2.23. The van der Waals surface area contributed by atoms with Crippen molar-refractivity contribution < 1.29 is 4.74 Å². The van der Waals surface area contributed by atoms with Crippen LogP contribution in [0.3, 0.4) is 0 Å². The van der Waals surface area contributed by atoms with Crippen LogP contribution in [0.1, 0.15) is 5.82 Å². The molecule has 0 spiro atoms. The summed E-state index contributed by atoms with van der Waals surface area (Å²) < 4.78 is 5.52. The zero-order valence-electron chi connectivity index (χ0n) is 9.24. The molecule has 0 aliphatic carbocycles. The lowest BCUT2D eigenvalue weighted by molar-refractivity contribution is 0.319. The molecule has 0 fully saturated rings. The SMILES string of the molecule is Clc1cc(Cl)nc(CCOc2ccccc2Cl)n1. The van der Waals surface area contributed by atoms with Crippen LogP contribution in [-0.4, -0.2) is 16.6 Å². The molecule has 0 aliphatic rings. The van der Waals surface area contributed by atoms with Crippen LogP contribution < -0.4 is 4.74 Å². The molecular weight excluding hydrogens is 295 g/mol. The second-order valence-electron chi connectivity index (χ2n) is 3.46. The van der Waals surface area contributed by atoms with Gasteiger partial charge in [0.2, 0.25) is 0 Å². The Kier molecular flexibility index (Phi) is 4.64. The fourth-order valence-electron chi connectivity index (χ4n) is 1.36.